The van der Waals surface area contributed by atoms with Gasteiger partial charge in [-0.3, -0.25) is 0 Å². The Labute approximate surface area is 369 Å². The Morgan fingerprint density at radius 3 is 0.515 bits per heavy atom. The molecule has 0 aliphatic carbocycles. The first kappa shape index (κ1) is 46.0. The summed E-state index contributed by atoms with van der Waals surface area (Å²) in [5.41, 5.74) is -16.8. The molecule has 1 aliphatic heterocycles. The van der Waals surface area contributed by atoms with E-state index in [1.807, 2.05) is 0 Å². The van der Waals surface area contributed by atoms with Crippen molar-refractivity contribution < 1.29 is 96.6 Å². The van der Waals surface area contributed by atoms with Crippen LogP contribution in [0, 0.1) is 116 Å². The quantitative estimate of drug-likeness (QED) is 0.0998. The Kier molecular flexibility index (Phi) is 11.0. The van der Waals surface area contributed by atoms with Crippen molar-refractivity contribution in [1.82, 2.24) is 0 Å². The predicted octanol–water partition coefficient (Wildman–Crippen LogP) is 11.1. The van der Waals surface area contributed by atoms with E-state index in [-0.39, 0.29) is 22.7 Å². The van der Waals surface area contributed by atoms with Gasteiger partial charge >= 0.3 is 0 Å². The molecule has 9 rings (SSSR count). The second-order valence-corrected chi connectivity index (χ2v) is 16.1. The van der Waals surface area contributed by atoms with Crippen LogP contribution in [-0.4, -0.2) is 0 Å². The van der Waals surface area contributed by atoms with Crippen LogP contribution in [0.15, 0.2) is 57.4 Å². The standard InChI is InChI=1S/C44H8F20O2S2/c45-25-21(26(46)34(54)41(61)33(25)53)17-9-1-2-10(65-9)18(22-27(47)35(55)42(62)36(56)28(22)48)14-7-8-16(68-14)20(24-31(51)39(59)44(64)40(60)32(24)52)12-4-3-11(66-12)19(15-6-5-13(17)67-15)23-29(49)37(57)43(63)38(58)30(23)50/h1-8H/b17-9+,17-13?,18-10+,18-14?,19-11+,19-15?,20-12+,20-16?. The zero-order chi connectivity index (χ0) is 49.3. The number of hydrogen-bond donors (Lipinski definition) is 0. The van der Waals surface area contributed by atoms with Gasteiger partial charge in [0.1, 0.15) is 21.7 Å². The van der Waals surface area contributed by atoms with Crippen molar-refractivity contribution in [2.75, 3.05) is 0 Å². The van der Waals surface area contributed by atoms with E-state index in [9.17, 15) is 52.7 Å². The van der Waals surface area contributed by atoms with Gasteiger partial charge in [-0.15, -0.1) is 22.7 Å². The second kappa shape index (κ2) is 16.3. The minimum absolute atomic E-state index is 0.0231. The second-order valence-electron chi connectivity index (χ2n) is 13.9. The number of hydrogen-bond acceptors (Lipinski definition) is 4. The van der Waals surface area contributed by atoms with Crippen LogP contribution in [0.5, 0.6) is 0 Å². The number of benzene rings is 4. The molecule has 1 aliphatic rings. The molecule has 8 aromatic rings. The van der Waals surface area contributed by atoms with Crippen LogP contribution in [-0.2, 0) is 0 Å². The van der Waals surface area contributed by atoms with Crippen molar-refractivity contribution in [2.24, 2.45) is 0 Å². The average molecular weight is 1010 g/mol. The molecule has 2 nitrogen and oxygen atoms in total. The molecule has 0 fully saturated rings. The Bertz CT molecular complexity index is 3220. The summed E-state index contributed by atoms with van der Waals surface area (Å²) in [6, 6.07) is 5.04. The minimum Gasteiger partial charge on any atom is -0.456 e. The van der Waals surface area contributed by atoms with Crippen molar-refractivity contribution in [3.8, 4) is 0 Å². The fraction of sp³-hybridized carbons (Fsp3) is 0. The molecule has 0 unspecified atom stereocenters. The minimum atomic E-state index is -2.71. The van der Waals surface area contributed by atoms with Crippen LogP contribution in [0.4, 0.5) is 87.8 Å². The molecule has 8 bridgehead atoms. The third-order valence-corrected chi connectivity index (χ3v) is 12.5. The van der Waals surface area contributed by atoms with Crippen LogP contribution in [0.25, 0.3) is 22.3 Å². The first-order valence-corrected chi connectivity index (χ1v) is 19.7. The molecule has 0 atom stereocenters. The van der Waals surface area contributed by atoms with Crippen LogP contribution in [0.2, 0.25) is 0 Å². The van der Waals surface area contributed by atoms with Gasteiger partial charge in [-0.25, -0.2) is 87.8 Å². The summed E-state index contributed by atoms with van der Waals surface area (Å²) < 4.78 is 314. The summed E-state index contributed by atoms with van der Waals surface area (Å²) in [6.45, 7) is 0. The summed E-state index contributed by atoms with van der Waals surface area (Å²) in [4.78, 5) is -3.24. The van der Waals surface area contributed by atoms with Gasteiger partial charge in [-0.2, -0.15) is 0 Å². The Morgan fingerprint density at radius 2 is 0.353 bits per heavy atom. The molecule has 0 amide bonds. The van der Waals surface area contributed by atoms with E-state index >= 15 is 35.1 Å². The highest BCUT2D eigenvalue weighted by molar-refractivity contribution is 7.14. The molecule has 0 spiro atoms. The smallest absolute Gasteiger partial charge is 0.200 e. The van der Waals surface area contributed by atoms with Crippen molar-refractivity contribution in [1.29, 1.82) is 0 Å². The normalized spacial score (nSPS) is 16.1. The van der Waals surface area contributed by atoms with Gasteiger partial charge in [0.25, 0.3) is 0 Å². The first-order valence-electron chi connectivity index (χ1n) is 18.1. The van der Waals surface area contributed by atoms with Crippen LogP contribution < -0.4 is 21.7 Å². The van der Waals surface area contributed by atoms with E-state index in [2.05, 4.69) is 0 Å². The molecule has 5 heterocycles. The lowest BCUT2D eigenvalue weighted by molar-refractivity contribution is 0.375. The predicted molar refractivity (Wildman–Crippen MR) is 196 cm³/mol. The highest BCUT2D eigenvalue weighted by Crippen LogP contribution is 2.41. The molecule has 4 aromatic carbocycles. The topological polar surface area (TPSA) is 26.3 Å². The van der Waals surface area contributed by atoms with Gasteiger partial charge in [0, 0.05) is 41.8 Å². The zero-order valence-corrected chi connectivity index (χ0v) is 33.4. The molecular formula is C44H8F20O2S2. The van der Waals surface area contributed by atoms with E-state index in [4.69, 9.17) is 8.83 Å². The Balaban J connectivity index is 1.56. The molecule has 68 heavy (non-hydrogen) atoms. The van der Waals surface area contributed by atoms with Crippen molar-refractivity contribution in [3.05, 3.63) is 228 Å². The van der Waals surface area contributed by atoms with Gasteiger partial charge < -0.3 is 8.83 Å². The number of thiophene rings is 2. The lowest BCUT2D eigenvalue weighted by Gasteiger charge is -2.12. The number of rotatable bonds is 4. The fourth-order valence-corrected chi connectivity index (χ4v) is 9.43. The summed E-state index contributed by atoms with van der Waals surface area (Å²) in [5.74, 6) is -52.5. The monoisotopic (exact) mass is 1010 g/mol. The largest absolute Gasteiger partial charge is 0.456 e. The summed E-state index contributed by atoms with van der Waals surface area (Å²) in [7, 11) is 0. The van der Waals surface area contributed by atoms with E-state index in [0.29, 0.717) is 48.5 Å². The molecule has 24 heteroatoms. The van der Waals surface area contributed by atoms with Gasteiger partial charge in [-0.1, -0.05) is 0 Å². The molecular weight excluding hydrogens is 1000 g/mol. The van der Waals surface area contributed by atoms with Crippen molar-refractivity contribution >= 4 is 45.0 Å². The van der Waals surface area contributed by atoms with Crippen molar-refractivity contribution in [3.63, 3.8) is 0 Å². The first-order chi connectivity index (χ1) is 32.1. The van der Waals surface area contributed by atoms with Crippen LogP contribution in [0.1, 0.15) is 41.8 Å². The van der Waals surface area contributed by atoms with E-state index in [1.165, 1.54) is 0 Å². The fourth-order valence-electron chi connectivity index (χ4n) is 7.20. The van der Waals surface area contributed by atoms with Crippen LogP contribution >= 0.6 is 22.7 Å². The summed E-state index contributed by atoms with van der Waals surface area (Å²) in [6.07, 6.45) is 0. The maximum absolute atomic E-state index is 15.8. The third-order valence-electron chi connectivity index (χ3n) is 10.2. The lowest BCUT2D eigenvalue weighted by Crippen LogP contribution is -2.16. The lowest BCUT2D eigenvalue weighted by atomic mass is 10.0. The molecule has 0 saturated carbocycles. The van der Waals surface area contributed by atoms with E-state index in [1.54, 1.807) is 0 Å². The van der Waals surface area contributed by atoms with Gasteiger partial charge in [0.2, 0.25) is 23.3 Å². The Hall–Kier alpha value is -7.08. The Morgan fingerprint density at radius 1 is 0.206 bits per heavy atom. The third kappa shape index (κ3) is 6.61. The molecule has 0 N–H and O–H groups in total. The number of fused-ring (bicyclic) bond motifs is 8. The molecule has 0 radical (unpaired) electrons. The average Bonchev–Trinajstić information content (AvgIpc) is 4.18. The maximum atomic E-state index is 15.8. The molecule has 4 aromatic heterocycles. The number of halogens is 20. The molecule has 348 valence electrons. The highest BCUT2D eigenvalue weighted by Gasteiger charge is 2.36. The zero-order valence-electron chi connectivity index (χ0n) is 31.8. The van der Waals surface area contributed by atoms with Gasteiger partial charge in [0.15, 0.2) is 93.1 Å². The van der Waals surface area contributed by atoms with Crippen LogP contribution in [0.3, 0.4) is 0 Å². The van der Waals surface area contributed by atoms with Gasteiger partial charge in [-0.05, 0) is 48.5 Å². The SMILES string of the molecule is Fc1c(F)c(F)c(/C2=c3\cc/c(o3)=C(\c3c(F)c(F)c(F)c(F)c3F)c3ccc(s3)/C(c3c(F)c(F)c(F)c(F)c3F)=c3/cc/c(o3)=C(\c3c(F)c(F)c(F)c(F)c3F)c3ccc2s3)c(F)c1F. The number of furan rings is 2. The summed E-state index contributed by atoms with van der Waals surface area (Å²) >= 11 is -0.0461. The molecule has 0 saturated heterocycles. The van der Waals surface area contributed by atoms with Crippen molar-refractivity contribution in [2.45, 2.75) is 0 Å². The summed E-state index contributed by atoms with van der Waals surface area (Å²) in [5, 5.41) is 0. The van der Waals surface area contributed by atoms with E-state index < -0.39 is 202 Å². The highest BCUT2D eigenvalue weighted by atomic mass is 32.1. The maximum Gasteiger partial charge on any atom is 0.200 e. The van der Waals surface area contributed by atoms with Gasteiger partial charge in [0.05, 0.1) is 22.3 Å². The van der Waals surface area contributed by atoms with E-state index in [0.717, 1.165) is 0 Å².